The van der Waals surface area contributed by atoms with Gasteiger partial charge >= 0.3 is 0 Å². The van der Waals surface area contributed by atoms with E-state index in [1.807, 2.05) is 6.92 Å². The first kappa shape index (κ1) is 9.75. The van der Waals surface area contributed by atoms with E-state index < -0.39 is 11.6 Å². The van der Waals surface area contributed by atoms with E-state index in [2.05, 4.69) is 5.32 Å². The van der Waals surface area contributed by atoms with Crippen LogP contribution >= 0.6 is 0 Å². The SMILES string of the molecule is C[C@H]1C(=O)Nc2c(F)cc(F)cc2C2CC21. The zero-order valence-electron chi connectivity index (χ0n) is 8.76. The topological polar surface area (TPSA) is 29.1 Å². The molecule has 3 atom stereocenters. The van der Waals surface area contributed by atoms with Crippen LogP contribution < -0.4 is 5.32 Å². The van der Waals surface area contributed by atoms with Gasteiger partial charge < -0.3 is 5.32 Å². The number of anilines is 1. The first-order chi connectivity index (χ1) is 7.58. The summed E-state index contributed by atoms with van der Waals surface area (Å²) in [5.74, 6) is -1.18. The van der Waals surface area contributed by atoms with Crippen LogP contribution in [0.25, 0.3) is 0 Å². The molecule has 1 aromatic rings. The second-order valence-electron chi connectivity index (χ2n) is 4.64. The number of halogens is 2. The standard InChI is InChI=1S/C12H11F2NO/c1-5-7-4-8(7)9-2-6(13)3-10(14)11(9)15-12(5)16/h2-3,5,7-8H,4H2,1H3,(H,15,16)/t5-,7?,8?/m1/s1. The normalized spacial score (nSPS) is 31.2. The molecule has 1 heterocycles. The van der Waals surface area contributed by atoms with Crippen molar-refractivity contribution in [1.82, 2.24) is 0 Å². The summed E-state index contributed by atoms with van der Waals surface area (Å²) in [7, 11) is 0. The largest absolute Gasteiger partial charge is 0.323 e. The zero-order valence-corrected chi connectivity index (χ0v) is 8.76. The molecule has 84 valence electrons. The van der Waals surface area contributed by atoms with Crippen LogP contribution in [-0.4, -0.2) is 5.91 Å². The molecule has 2 unspecified atom stereocenters. The molecular weight excluding hydrogens is 212 g/mol. The van der Waals surface area contributed by atoms with E-state index in [-0.39, 0.29) is 29.3 Å². The molecule has 0 aromatic heterocycles. The average molecular weight is 223 g/mol. The Bertz CT molecular complexity index is 486. The highest BCUT2D eigenvalue weighted by Crippen LogP contribution is 2.56. The van der Waals surface area contributed by atoms with E-state index in [9.17, 15) is 13.6 Å². The van der Waals surface area contributed by atoms with Crippen LogP contribution in [-0.2, 0) is 4.79 Å². The Labute approximate surface area is 91.7 Å². The molecule has 1 fully saturated rings. The summed E-state index contributed by atoms with van der Waals surface area (Å²) in [5, 5.41) is 2.55. The van der Waals surface area contributed by atoms with Gasteiger partial charge in [0, 0.05) is 12.0 Å². The molecule has 1 N–H and O–H groups in total. The lowest BCUT2D eigenvalue weighted by Crippen LogP contribution is -2.21. The van der Waals surface area contributed by atoms with Crippen molar-refractivity contribution in [2.45, 2.75) is 19.3 Å². The number of rotatable bonds is 0. The van der Waals surface area contributed by atoms with Crippen LogP contribution in [0.2, 0.25) is 0 Å². The molecule has 3 rings (SSSR count). The first-order valence-electron chi connectivity index (χ1n) is 5.37. The van der Waals surface area contributed by atoms with Gasteiger partial charge in [-0.1, -0.05) is 6.92 Å². The lowest BCUT2D eigenvalue weighted by atomic mass is 10.0. The van der Waals surface area contributed by atoms with Crippen molar-refractivity contribution in [3.63, 3.8) is 0 Å². The van der Waals surface area contributed by atoms with Crippen molar-refractivity contribution in [1.29, 1.82) is 0 Å². The Hall–Kier alpha value is -1.45. The van der Waals surface area contributed by atoms with Crippen LogP contribution in [0.4, 0.5) is 14.5 Å². The molecule has 0 bridgehead atoms. The Kier molecular flexibility index (Phi) is 1.85. The molecule has 0 radical (unpaired) electrons. The molecule has 1 aliphatic carbocycles. The highest BCUT2D eigenvalue weighted by atomic mass is 19.1. The van der Waals surface area contributed by atoms with Crippen LogP contribution in [0.5, 0.6) is 0 Å². The number of benzene rings is 1. The van der Waals surface area contributed by atoms with E-state index in [4.69, 9.17) is 0 Å². The smallest absolute Gasteiger partial charge is 0.227 e. The second-order valence-corrected chi connectivity index (χ2v) is 4.64. The fourth-order valence-electron chi connectivity index (χ4n) is 2.57. The Balaban J connectivity index is 2.15. The van der Waals surface area contributed by atoms with Crippen LogP contribution in [0, 0.1) is 23.5 Å². The van der Waals surface area contributed by atoms with Gasteiger partial charge in [0.15, 0.2) is 0 Å². The van der Waals surface area contributed by atoms with Gasteiger partial charge in [-0.25, -0.2) is 8.78 Å². The molecule has 1 saturated carbocycles. The predicted octanol–water partition coefficient (Wildman–Crippen LogP) is 2.66. The summed E-state index contributed by atoms with van der Waals surface area (Å²) in [6.45, 7) is 1.83. The first-order valence-corrected chi connectivity index (χ1v) is 5.37. The predicted molar refractivity (Wildman–Crippen MR) is 55.0 cm³/mol. The lowest BCUT2D eigenvalue weighted by Gasteiger charge is -2.10. The van der Waals surface area contributed by atoms with Crippen LogP contribution in [0.3, 0.4) is 0 Å². The maximum Gasteiger partial charge on any atom is 0.227 e. The van der Waals surface area contributed by atoms with Crippen molar-refractivity contribution >= 4 is 11.6 Å². The van der Waals surface area contributed by atoms with Crippen molar-refractivity contribution in [2.24, 2.45) is 11.8 Å². The molecule has 4 heteroatoms. The van der Waals surface area contributed by atoms with E-state index in [1.165, 1.54) is 6.07 Å². The van der Waals surface area contributed by atoms with E-state index in [0.717, 1.165) is 12.5 Å². The summed E-state index contributed by atoms with van der Waals surface area (Å²) in [6, 6.07) is 2.15. The third kappa shape index (κ3) is 1.25. The summed E-state index contributed by atoms with van der Waals surface area (Å²) < 4.78 is 26.7. The molecule has 1 aromatic carbocycles. The van der Waals surface area contributed by atoms with Crippen LogP contribution in [0.1, 0.15) is 24.8 Å². The number of nitrogens with one attached hydrogen (secondary N) is 1. The van der Waals surface area contributed by atoms with E-state index in [0.29, 0.717) is 5.56 Å². The van der Waals surface area contributed by atoms with Crippen LogP contribution in [0.15, 0.2) is 12.1 Å². The summed E-state index contributed by atoms with van der Waals surface area (Å²) in [4.78, 5) is 11.7. The number of fused-ring (bicyclic) bond motifs is 3. The third-order valence-corrected chi connectivity index (χ3v) is 3.63. The average Bonchev–Trinajstić information content (AvgIpc) is 2.99. The van der Waals surface area contributed by atoms with Gasteiger partial charge in [-0.2, -0.15) is 0 Å². The highest BCUT2D eigenvalue weighted by molar-refractivity contribution is 5.95. The molecule has 0 spiro atoms. The fraction of sp³-hybridized carbons (Fsp3) is 0.417. The van der Waals surface area contributed by atoms with Crippen molar-refractivity contribution < 1.29 is 13.6 Å². The lowest BCUT2D eigenvalue weighted by molar-refractivity contribution is -0.119. The second kappa shape index (κ2) is 3.03. The van der Waals surface area contributed by atoms with Gasteiger partial charge in [-0.3, -0.25) is 4.79 Å². The summed E-state index contributed by atoms with van der Waals surface area (Å²) >= 11 is 0. The molecule has 2 nitrogen and oxygen atoms in total. The van der Waals surface area contributed by atoms with Gasteiger partial charge in [0.2, 0.25) is 5.91 Å². The zero-order chi connectivity index (χ0) is 11.4. The number of amides is 1. The van der Waals surface area contributed by atoms with Crippen molar-refractivity contribution in [2.75, 3.05) is 5.32 Å². The quantitative estimate of drug-likeness (QED) is 0.719. The highest BCUT2D eigenvalue weighted by Gasteiger charge is 2.48. The Morgan fingerprint density at radius 2 is 2.12 bits per heavy atom. The van der Waals surface area contributed by atoms with Gasteiger partial charge in [0.05, 0.1) is 5.69 Å². The minimum atomic E-state index is -0.678. The number of hydrogen-bond donors (Lipinski definition) is 1. The van der Waals surface area contributed by atoms with Gasteiger partial charge in [0.25, 0.3) is 0 Å². The monoisotopic (exact) mass is 223 g/mol. The molecule has 0 saturated heterocycles. The van der Waals surface area contributed by atoms with E-state index >= 15 is 0 Å². The molecule has 1 aliphatic heterocycles. The minimum Gasteiger partial charge on any atom is -0.323 e. The van der Waals surface area contributed by atoms with Crippen molar-refractivity contribution in [3.8, 4) is 0 Å². The maximum atomic E-state index is 13.6. The molecular formula is C12H11F2NO. The maximum absolute atomic E-state index is 13.6. The number of carbonyl (C=O) groups excluding carboxylic acids is 1. The molecule has 16 heavy (non-hydrogen) atoms. The summed E-state index contributed by atoms with van der Waals surface area (Å²) in [5.41, 5.74) is 0.781. The van der Waals surface area contributed by atoms with Crippen molar-refractivity contribution in [3.05, 3.63) is 29.3 Å². The van der Waals surface area contributed by atoms with E-state index in [1.54, 1.807) is 0 Å². The number of carbonyl (C=O) groups is 1. The molecule has 2 aliphatic rings. The Morgan fingerprint density at radius 3 is 2.88 bits per heavy atom. The summed E-state index contributed by atoms with van der Waals surface area (Å²) in [6.07, 6.45) is 0.852. The van der Waals surface area contributed by atoms with Gasteiger partial charge in [-0.05, 0) is 29.9 Å². The molecule has 1 amide bonds. The van der Waals surface area contributed by atoms with Gasteiger partial charge in [-0.15, -0.1) is 0 Å². The number of hydrogen-bond acceptors (Lipinski definition) is 1. The fourth-order valence-corrected chi connectivity index (χ4v) is 2.57. The Morgan fingerprint density at radius 1 is 1.38 bits per heavy atom. The third-order valence-electron chi connectivity index (χ3n) is 3.63. The minimum absolute atomic E-state index is 0.125. The van der Waals surface area contributed by atoms with Gasteiger partial charge in [0.1, 0.15) is 11.6 Å².